The Morgan fingerprint density at radius 1 is 1.71 bits per heavy atom. The fourth-order valence-corrected chi connectivity index (χ4v) is 0.699. The van der Waals surface area contributed by atoms with Crippen molar-refractivity contribution in [2.45, 2.75) is 31.2 Å². The lowest BCUT2D eigenvalue weighted by Gasteiger charge is -2.07. The topological polar surface area (TPSA) is 20.2 Å². The van der Waals surface area contributed by atoms with Gasteiger partial charge in [-0.1, -0.05) is 29.8 Å². The maximum Gasteiger partial charge on any atom is 0.0659 e. The molecule has 0 spiro atoms. The van der Waals surface area contributed by atoms with Crippen molar-refractivity contribution in [3.63, 3.8) is 0 Å². The predicted molar refractivity (Wildman–Crippen MR) is 34.7 cm³/mol. The molecule has 7 heavy (non-hydrogen) atoms. The molecule has 0 heterocycles. The standard InChI is InChI=1S/C5H11BrO/c1-3-5(7)4(2)6/h4-5,7H,3H2,1-2H3. The molecule has 1 nitrogen and oxygen atoms in total. The summed E-state index contributed by atoms with van der Waals surface area (Å²) in [5, 5.41) is 8.89. The third kappa shape index (κ3) is 3.06. The predicted octanol–water partition coefficient (Wildman–Crippen LogP) is 1.54. The summed E-state index contributed by atoms with van der Waals surface area (Å²) in [6.07, 6.45) is 0.645. The van der Waals surface area contributed by atoms with Crippen molar-refractivity contribution < 1.29 is 5.11 Å². The SMILES string of the molecule is CCC(O)C(C)Br. The summed E-state index contributed by atoms with van der Waals surface area (Å²) in [6, 6.07) is 0. The van der Waals surface area contributed by atoms with Gasteiger partial charge in [-0.15, -0.1) is 0 Å². The van der Waals surface area contributed by atoms with E-state index in [1.165, 1.54) is 0 Å². The van der Waals surface area contributed by atoms with Crippen LogP contribution in [0.3, 0.4) is 0 Å². The number of alkyl halides is 1. The molecule has 0 aliphatic carbocycles. The van der Waals surface area contributed by atoms with E-state index < -0.39 is 0 Å². The van der Waals surface area contributed by atoms with Gasteiger partial charge in [0.05, 0.1) is 6.10 Å². The van der Waals surface area contributed by atoms with Gasteiger partial charge in [0.15, 0.2) is 0 Å². The summed E-state index contributed by atoms with van der Waals surface area (Å²) >= 11 is 3.25. The number of rotatable bonds is 2. The number of aliphatic hydroxyl groups excluding tert-OH is 1. The highest BCUT2D eigenvalue weighted by atomic mass is 79.9. The zero-order chi connectivity index (χ0) is 5.86. The fraction of sp³-hybridized carbons (Fsp3) is 1.00. The molecule has 2 unspecified atom stereocenters. The number of aliphatic hydroxyl groups is 1. The van der Waals surface area contributed by atoms with Gasteiger partial charge in [0, 0.05) is 4.83 Å². The highest BCUT2D eigenvalue weighted by Gasteiger charge is 2.05. The summed E-state index contributed by atoms with van der Waals surface area (Å²) in [7, 11) is 0. The van der Waals surface area contributed by atoms with Crippen LogP contribution in [0.2, 0.25) is 0 Å². The summed E-state index contributed by atoms with van der Waals surface area (Å²) in [5.41, 5.74) is 0. The fourth-order valence-electron chi connectivity index (χ4n) is 0.325. The molecule has 0 fully saturated rings. The van der Waals surface area contributed by atoms with Gasteiger partial charge in [-0.3, -0.25) is 0 Å². The van der Waals surface area contributed by atoms with Gasteiger partial charge in [-0.25, -0.2) is 0 Å². The first-order valence-electron chi connectivity index (χ1n) is 2.50. The van der Waals surface area contributed by atoms with Crippen molar-refractivity contribution in [3.05, 3.63) is 0 Å². The summed E-state index contributed by atoms with van der Waals surface area (Å²) < 4.78 is 0. The largest absolute Gasteiger partial charge is 0.392 e. The lowest BCUT2D eigenvalue weighted by molar-refractivity contribution is 0.173. The highest BCUT2D eigenvalue weighted by Crippen LogP contribution is 2.05. The van der Waals surface area contributed by atoms with Crippen molar-refractivity contribution in [1.82, 2.24) is 0 Å². The molecule has 2 heteroatoms. The molecule has 0 aliphatic rings. The van der Waals surface area contributed by atoms with E-state index in [-0.39, 0.29) is 10.9 Å². The van der Waals surface area contributed by atoms with Crippen LogP contribution in [0.1, 0.15) is 20.3 Å². The van der Waals surface area contributed by atoms with Gasteiger partial charge < -0.3 is 5.11 Å². The third-order valence-corrected chi connectivity index (χ3v) is 1.56. The molecule has 0 aliphatic heterocycles. The Morgan fingerprint density at radius 3 is 2.14 bits per heavy atom. The third-order valence-electron chi connectivity index (χ3n) is 0.948. The van der Waals surface area contributed by atoms with Crippen LogP contribution in [-0.2, 0) is 0 Å². The van der Waals surface area contributed by atoms with E-state index in [9.17, 15) is 0 Å². The van der Waals surface area contributed by atoms with Crippen LogP contribution >= 0.6 is 15.9 Å². The van der Waals surface area contributed by atoms with Crippen LogP contribution in [0.25, 0.3) is 0 Å². The molecular weight excluding hydrogens is 156 g/mol. The molecule has 0 radical (unpaired) electrons. The molecule has 44 valence electrons. The van der Waals surface area contributed by atoms with E-state index in [4.69, 9.17) is 5.11 Å². The van der Waals surface area contributed by atoms with Gasteiger partial charge in [0.25, 0.3) is 0 Å². The van der Waals surface area contributed by atoms with Crippen LogP contribution in [0.15, 0.2) is 0 Å². The molecule has 0 amide bonds. The van der Waals surface area contributed by atoms with Gasteiger partial charge in [-0.2, -0.15) is 0 Å². The molecule has 0 saturated carbocycles. The van der Waals surface area contributed by atoms with E-state index >= 15 is 0 Å². The van der Waals surface area contributed by atoms with E-state index in [1.807, 2.05) is 13.8 Å². The first-order chi connectivity index (χ1) is 3.18. The van der Waals surface area contributed by atoms with Crippen molar-refractivity contribution in [1.29, 1.82) is 0 Å². The van der Waals surface area contributed by atoms with Crippen molar-refractivity contribution in [2.75, 3.05) is 0 Å². The number of hydrogen-bond acceptors (Lipinski definition) is 1. The zero-order valence-electron chi connectivity index (χ0n) is 4.69. The molecule has 0 aromatic carbocycles. The maximum atomic E-state index is 8.89. The monoisotopic (exact) mass is 166 g/mol. The Morgan fingerprint density at radius 2 is 2.14 bits per heavy atom. The van der Waals surface area contributed by atoms with Crippen molar-refractivity contribution >= 4 is 15.9 Å². The second-order valence-corrected chi connectivity index (χ2v) is 3.10. The van der Waals surface area contributed by atoms with E-state index in [0.717, 1.165) is 6.42 Å². The zero-order valence-corrected chi connectivity index (χ0v) is 6.27. The van der Waals surface area contributed by atoms with Crippen LogP contribution in [-0.4, -0.2) is 16.0 Å². The quantitative estimate of drug-likeness (QED) is 0.618. The molecule has 0 aromatic heterocycles. The minimum Gasteiger partial charge on any atom is -0.392 e. The molecule has 1 N–H and O–H groups in total. The van der Waals surface area contributed by atoms with Gasteiger partial charge in [-0.05, 0) is 6.42 Å². The lowest BCUT2D eigenvalue weighted by Crippen LogP contribution is -2.14. The minimum atomic E-state index is -0.181. The normalized spacial score (nSPS) is 18.9. The summed E-state index contributed by atoms with van der Waals surface area (Å²) in [6.45, 7) is 3.90. The van der Waals surface area contributed by atoms with Crippen LogP contribution in [0, 0.1) is 0 Å². The maximum absolute atomic E-state index is 8.89. The molecule has 0 rings (SSSR count). The van der Waals surface area contributed by atoms with E-state index in [0.29, 0.717) is 0 Å². The molecule has 0 saturated heterocycles. The van der Waals surface area contributed by atoms with Crippen molar-refractivity contribution in [3.8, 4) is 0 Å². The first kappa shape index (κ1) is 7.44. The second kappa shape index (κ2) is 3.44. The molecular formula is C5H11BrO. The Bertz CT molecular complexity index is 45.3. The number of hydrogen-bond donors (Lipinski definition) is 1. The average Bonchev–Trinajstić information content (AvgIpc) is 1.65. The van der Waals surface area contributed by atoms with Gasteiger partial charge >= 0.3 is 0 Å². The second-order valence-electron chi connectivity index (χ2n) is 1.65. The Balaban J connectivity index is 3.14. The molecule has 0 aromatic rings. The average molecular weight is 167 g/mol. The number of halogens is 1. The Labute approximate surface area is 52.9 Å². The molecule has 0 bridgehead atoms. The smallest absolute Gasteiger partial charge is 0.0659 e. The Kier molecular flexibility index (Phi) is 3.66. The van der Waals surface area contributed by atoms with Gasteiger partial charge in [0.2, 0.25) is 0 Å². The van der Waals surface area contributed by atoms with Crippen LogP contribution in [0.4, 0.5) is 0 Å². The first-order valence-corrected chi connectivity index (χ1v) is 3.42. The highest BCUT2D eigenvalue weighted by molar-refractivity contribution is 9.09. The summed E-state index contributed by atoms with van der Waals surface area (Å²) in [5.74, 6) is 0. The Hall–Kier alpha value is 0.440. The van der Waals surface area contributed by atoms with Crippen LogP contribution < -0.4 is 0 Å². The van der Waals surface area contributed by atoms with E-state index in [2.05, 4.69) is 15.9 Å². The molecule has 2 atom stereocenters. The summed E-state index contributed by atoms with van der Waals surface area (Å²) in [4.78, 5) is 0.234. The van der Waals surface area contributed by atoms with Gasteiger partial charge in [0.1, 0.15) is 0 Å². The lowest BCUT2D eigenvalue weighted by atomic mass is 10.2. The van der Waals surface area contributed by atoms with Crippen LogP contribution in [0.5, 0.6) is 0 Å². The van der Waals surface area contributed by atoms with E-state index in [1.54, 1.807) is 0 Å². The minimum absolute atomic E-state index is 0.181. The van der Waals surface area contributed by atoms with Crippen molar-refractivity contribution in [2.24, 2.45) is 0 Å².